The summed E-state index contributed by atoms with van der Waals surface area (Å²) in [5.74, 6) is 3.75. The maximum Gasteiger partial charge on any atom is -0.0412 e. The third-order valence-electron chi connectivity index (χ3n) is 6.04. The molecular weight excluding hydrogens is 264 g/mol. The quantitative estimate of drug-likeness (QED) is 0.267. The van der Waals surface area contributed by atoms with Crippen LogP contribution in [0.2, 0.25) is 0 Å². The summed E-state index contributed by atoms with van der Waals surface area (Å²) < 4.78 is 0. The van der Waals surface area contributed by atoms with Gasteiger partial charge in [0.05, 0.1) is 0 Å². The van der Waals surface area contributed by atoms with Gasteiger partial charge in [-0.25, -0.2) is 0 Å². The number of rotatable bonds is 15. The van der Waals surface area contributed by atoms with Crippen LogP contribution in [0.3, 0.4) is 0 Å². The SMILES string of the molecule is CCCCCC(CCCCCC(C)CC)CC(C)C(C)CC. The van der Waals surface area contributed by atoms with Crippen molar-refractivity contribution in [2.24, 2.45) is 23.7 Å². The van der Waals surface area contributed by atoms with Gasteiger partial charge in [0.2, 0.25) is 0 Å². The maximum atomic E-state index is 2.49. The van der Waals surface area contributed by atoms with Gasteiger partial charge >= 0.3 is 0 Å². The van der Waals surface area contributed by atoms with Crippen molar-refractivity contribution in [3.8, 4) is 0 Å². The number of unbranched alkanes of at least 4 members (excludes halogenated alkanes) is 4. The van der Waals surface area contributed by atoms with Crippen molar-refractivity contribution in [3.05, 3.63) is 0 Å². The molecule has 0 aromatic heterocycles. The van der Waals surface area contributed by atoms with Crippen LogP contribution in [0, 0.1) is 23.7 Å². The van der Waals surface area contributed by atoms with Gasteiger partial charge in [-0.2, -0.15) is 0 Å². The van der Waals surface area contributed by atoms with Crippen LogP contribution in [0.5, 0.6) is 0 Å². The fourth-order valence-electron chi connectivity index (χ4n) is 3.53. The van der Waals surface area contributed by atoms with Gasteiger partial charge in [0, 0.05) is 0 Å². The molecular formula is C22H46. The highest BCUT2D eigenvalue weighted by atomic mass is 14.2. The van der Waals surface area contributed by atoms with E-state index < -0.39 is 0 Å². The first kappa shape index (κ1) is 22.0. The summed E-state index contributed by atoms with van der Waals surface area (Å²) in [4.78, 5) is 0. The molecule has 0 amide bonds. The van der Waals surface area contributed by atoms with Crippen LogP contribution < -0.4 is 0 Å². The standard InChI is InChI=1S/C22H46/c1-7-10-12-16-22(18-21(6)20(5)9-3)17-14-11-13-15-19(4)8-2/h19-22H,7-18H2,1-6H3. The first-order chi connectivity index (χ1) is 10.5. The molecule has 0 heteroatoms. The van der Waals surface area contributed by atoms with Gasteiger partial charge in [-0.15, -0.1) is 0 Å². The van der Waals surface area contributed by atoms with Crippen molar-refractivity contribution in [1.82, 2.24) is 0 Å². The molecule has 0 saturated carbocycles. The van der Waals surface area contributed by atoms with Gasteiger partial charge < -0.3 is 0 Å². The van der Waals surface area contributed by atoms with Crippen LogP contribution in [0.15, 0.2) is 0 Å². The molecule has 0 rings (SSSR count). The van der Waals surface area contributed by atoms with Gasteiger partial charge in [0.25, 0.3) is 0 Å². The summed E-state index contributed by atoms with van der Waals surface area (Å²) in [6.45, 7) is 14.3. The lowest BCUT2D eigenvalue weighted by molar-refractivity contribution is 0.267. The van der Waals surface area contributed by atoms with E-state index in [4.69, 9.17) is 0 Å². The smallest absolute Gasteiger partial charge is 0.0412 e. The van der Waals surface area contributed by atoms with Crippen LogP contribution in [0.1, 0.15) is 119 Å². The number of hydrogen-bond donors (Lipinski definition) is 0. The van der Waals surface area contributed by atoms with Crippen molar-refractivity contribution >= 4 is 0 Å². The third kappa shape index (κ3) is 11.6. The van der Waals surface area contributed by atoms with E-state index in [0.29, 0.717) is 0 Å². The molecule has 4 unspecified atom stereocenters. The van der Waals surface area contributed by atoms with Crippen molar-refractivity contribution < 1.29 is 0 Å². The van der Waals surface area contributed by atoms with Crippen LogP contribution in [0.4, 0.5) is 0 Å². The van der Waals surface area contributed by atoms with Gasteiger partial charge in [0.15, 0.2) is 0 Å². The molecule has 0 aliphatic heterocycles. The van der Waals surface area contributed by atoms with Crippen molar-refractivity contribution in [1.29, 1.82) is 0 Å². The van der Waals surface area contributed by atoms with E-state index in [2.05, 4.69) is 41.5 Å². The average Bonchev–Trinajstić information content (AvgIpc) is 2.53. The summed E-state index contributed by atoms with van der Waals surface area (Å²) >= 11 is 0. The maximum absolute atomic E-state index is 2.49. The molecule has 0 heterocycles. The minimum Gasteiger partial charge on any atom is -0.0654 e. The Labute approximate surface area is 142 Å². The van der Waals surface area contributed by atoms with Crippen LogP contribution in [-0.4, -0.2) is 0 Å². The highest BCUT2D eigenvalue weighted by molar-refractivity contribution is 4.68. The zero-order valence-electron chi connectivity index (χ0n) is 16.8. The Kier molecular flexibility index (Phi) is 14.6. The Morgan fingerprint density at radius 1 is 0.591 bits per heavy atom. The molecule has 0 spiro atoms. The van der Waals surface area contributed by atoms with Crippen molar-refractivity contribution in [2.45, 2.75) is 119 Å². The number of hydrogen-bond acceptors (Lipinski definition) is 0. The summed E-state index contributed by atoms with van der Waals surface area (Å²) in [6, 6.07) is 0. The monoisotopic (exact) mass is 310 g/mol. The predicted molar refractivity (Wildman–Crippen MR) is 103 cm³/mol. The first-order valence-corrected chi connectivity index (χ1v) is 10.5. The molecule has 0 radical (unpaired) electrons. The fourth-order valence-corrected chi connectivity index (χ4v) is 3.53. The summed E-state index contributed by atoms with van der Waals surface area (Å²) in [5.41, 5.74) is 0. The van der Waals surface area contributed by atoms with Gasteiger partial charge in [-0.1, -0.05) is 112 Å². The second-order valence-electron chi connectivity index (χ2n) is 8.11. The second kappa shape index (κ2) is 14.6. The summed E-state index contributed by atoms with van der Waals surface area (Å²) in [7, 11) is 0. The minimum atomic E-state index is 0.902. The molecule has 134 valence electrons. The van der Waals surface area contributed by atoms with Crippen LogP contribution in [-0.2, 0) is 0 Å². The molecule has 0 aliphatic rings. The highest BCUT2D eigenvalue weighted by Crippen LogP contribution is 2.29. The van der Waals surface area contributed by atoms with Crippen molar-refractivity contribution in [3.63, 3.8) is 0 Å². The highest BCUT2D eigenvalue weighted by Gasteiger charge is 2.17. The van der Waals surface area contributed by atoms with E-state index >= 15 is 0 Å². The Balaban J connectivity index is 4.01. The third-order valence-corrected chi connectivity index (χ3v) is 6.04. The fraction of sp³-hybridized carbons (Fsp3) is 1.00. The Hall–Kier alpha value is 0. The van der Waals surface area contributed by atoms with E-state index in [-0.39, 0.29) is 0 Å². The lowest BCUT2D eigenvalue weighted by Crippen LogP contribution is -2.13. The molecule has 0 aromatic rings. The average molecular weight is 311 g/mol. The molecule has 4 atom stereocenters. The lowest BCUT2D eigenvalue weighted by Gasteiger charge is -2.25. The van der Waals surface area contributed by atoms with Gasteiger partial charge in [-0.3, -0.25) is 0 Å². The van der Waals surface area contributed by atoms with E-state index in [0.717, 1.165) is 23.7 Å². The summed E-state index contributed by atoms with van der Waals surface area (Å²) in [6.07, 6.45) is 17.2. The van der Waals surface area contributed by atoms with Gasteiger partial charge in [-0.05, 0) is 30.1 Å². The molecule has 0 aromatic carbocycles. The molecule has 0 saturated heterocycles. The largest absolute Gasteiger partial charge is 0.0654 e. The molecule has 0 fully saturated rings. The molecule has 0 nitrogen and oxygen atoms in total. The predicted octanol–water partition coefficient (Wildman–Crippen LogP) is 8.25. The molecule has 0 aliphatic carbocycles. The molecule has 0 bridgehead atoms. The van der Waals surface area contributed by atoms with E-state index in [9.17, 15) is 0 Å². The zero-order chi connectivity index (χ0) is 16.8. The van der Waals surface area contributed by atoms with Crippen LogP contribution >= 0.6 is 0 Å². The Morgan fingerprint density at radius 2 is 1.18 bits per heavy atom. The zero-order valence-corrected chi connectivity index (χ0v) is 16.8. The molecule has 22 heavy (non-hydrogen) atoms. The normalized spacial score (nSPS) is 17.2. The summed E-state index contributed by atoms with van der Waals surface area (Å²) in [5, 5.41) is 0. The van der Waals surface area contributed by atoms with E-state index in [1.54, 1.807) is 0 Å². The second-order valence-corrected chi connectivity index (χ2v) is 8.11. The van der Waals surface area contributed by atoms with E-state index in [1.807, 2.05) is 0 Å². The first-order valence-electron chi connectivity index (χ1n) is 10.5. The lowest BCUT2D eigenvalue weighted by atomic mass is 9.81. The minimum absolute atomic E-state index is 0.902. The Morgan fingerprint density at radius 3 is 1.73 bits per heavy atom. The van der Waals surface area contributed by atoms with Crippen molar-refractivity contribution in [2.75, 3.05) is 0 Å². The van der Waals surface area contributed by atoms with E-state index in [1.165, 1.54) is 77.0 Å². The Bertz CT molecular complexity index is 220. The topological polar surface area (TPSA) is 0 Å². The van der Waals surface area contributed by atoms with Crippen LogP contribution in [0.25, 0.3) is 0 Å². The van der Waals surface area contributed by atoms with Gasteiger partial charge in [0.1, 0.15) is 0 Å². The molecule has 0 N–H and O–H groups in total.